The van der Waals surface area contributed by atoms with Gasteiger partial charge in [-0.3, -0.25) is 4.68 Å². The molecule has 0 amide bonds. The van der Waals surface area contributed by atoms with E-state index in [1.807, 2.05) is 30.8 Å². The molecule has 6 nitrogen and oxygen atoms in total. The van der Waals surface area contributed by atoms with Crippen LogP contribution in [0.5, 0.6) is 0 Å². The molecule has 0 aromatic carbocycles. The van der Waals surface area contributed by atoms with Gasteiger partial charge < -0.3 is 14.8 Å². The van der Waals surface area contributed by atoms with Crippen molar-refractivity contribution in [3.8, 4) is 10.8 Å². The molecule has 0 aliphatic carbocycles. The minimum Gasteiger partial charge on any atom is -0.462 e. The summed E-state index contributed by atoms with van der Waals surface area (Å²) in [5, 5.41) is 20.7. The molecule has 3 heterocycles. The lowest BCUT2D eigenvalue weighted by Crippen LogP contribution is -2.34. The highest BCUT2D eigenvalue weighted by atomic mass is 32.1. The quantitative estimate of drug-likeness (QED) is 0.728. The van der Waals surface area contributed by atoms with Crippen LogP contribution >= 0.6 is 11.3 Å². The van der Waals surface area contributed by atoms with Gasteiger partial charge in [-0.15, -0.1) is 11.3 Å². The van der Waals surface area contributed by atoms with E-state index >= 15 is 0 Å². The molecule has 0 bridgehead atoms. The van der Waals surface area contributed by atoms with Crippen LogP contribution in [-0.2, 0) is 19.2 Å². The zero-order chi connectivity index (χ0) is 15.6. The summed E-state index contributed by atoms with van der Waals surface area (Å²) in [6.45, 7) is 2.78. The molecule has 22 heavy (non-hydrogen) atoms. The summed E-state index contributed by atoms with van der Waals surface area (Å²) in [5.74, 6) is 0.776. The Hall–Kier alpha value is -1.96. The van der Waals surface area contributed by atoms with Gasteiger partial charge in [0.15, 0.2) is 10.8 Å². The second kappa shape index (κ2) is 6.04. The summed E-state index contributed by atoms with van der Waals surface area (Å²) < 4.78 is 7.01. The molecular weight excluding hydrogens is 300 g/mol. The summed E-state index contributed by atoms with van der Waals surface area (Å²) in [6.07, 6.45) is 5.14. The second-order valence-electron chi connectivity index (χ2n) is 5.40. The minimum atomic E-state index is -0.964. The average Bonchev–Trinajstić information content (AvgIpc) is 3.18. The number of thiazole rings is 1. The molecule has 3 rings (SSSR count). The minimum absolute atomic E-state index is 0.423. The molecule has 0 aliphatic heterocycles. The van der Waals surface area contributed by atoms with Crippen LogP contribution in [0.4, 0.5) is 0 Å². The molecule has 0 saturated carbocycles. The molecular formula is C15H18N4O2S. The molecule has 0 fully saturated rings. The lowest BCUT2D eigenvalue weighted by molar-refractivity contribution is 0.0565. The molecule has 116 valence electrons. The molecule has 1 unspecified atom stereocenters. The van der Waals surface area contributed by atoms with Crippen molar-refractivity contribution in [3.05, 3.63) is 47.4 Å². The second-order valence-corrected chi connectivity index (χ2v) is 6.26. The fraction of sp³-hybridized carbons (Fsp3) is 0.333. The first-order valence-corrected chi connectivity index (χ1v) is 7.83. The number of rotatable bonds is 6. The van der Waals surface area contributed by atoms with E-state index in [1.165, 1.54) is 0 Å². The van der Waals surface area contributed by atoms with Crippen molar-refractivity contribution in [1.82, 2.24) is 20.1 Å². The summed E-state index contributed by atoms with van der Waals surface area (Å²) in [6, 6.07) is 3.74. The van der Waals surface area contributed by atoms with Crippen LogP contribution < -0.4 is 5.32 Å². The van der Waals surface area contributed by atoms with Crippen LogP contribution in [0.2, 0.25) is 0 Å². The van der Waals surface area contributed by atoms with Gasteiger partial charge in [0, 0.05) is 37.3 Å². The Labute approximate surface area is 132 Å². The third-order valence-corrected chi connectivity index (χ3v) is 4.29. The van der Waals surface area contributed by atoms with Crippen molar-refractivity contribution in [3.63, 3.8) is 0 Å². The molecule has 1 atom stereocenters. The molecule has 0 aliphatic rings. The topological polar surface area (TPSA) is 76.1 Å². The van der Waals surface area contributed by atoms with Crippen molar-refractivity contribution in [1.29, 1.82) is 0 Å². The van der Waals surface area contributed by atoms with Gasteiger partial charge >= 0.3 is 0 Å². The maximum atomic E-state index is 10.5. The Balaban J connectivity index is 1.57. The molecule has 0 saturated heterocycles. The highest BCUT2D eigenvalue weighted by molar-refractivity contribution is 7.13. The predicted molar refractivity (Wildman–Crippen MR) is 84.3 cm³/mol. The Morgan fingerprint density at radius 1 is 1.50 bits per heavy atom. The maximum Gasteiger partial charge on any atom is 0.162 e. The maximum absolute atomic E-state index is 10.5. The number of furan rings is 1. The van der Waals surface area contributed by atoms with Crippen LogP contribution in [0.1, 0.15) is 18.2 Å². The summed E-state index contributed by atoms with van der Waals surface area (Å²) >= 11 is 1.54. The molecule has 3 aromatic rings. The number of hydrogen-bond acceptors (Lipinski definition) is 6. The van der Waals surface area contributed by atoms with Crippen molar-refractivity contribution in [2.75, 3.05) is 6.54 Å². The SMILES string of the molecule is Cn1cc(C(C)(O)CNCc2csc(-c3ccco3)n2)cn1. The lowest BCUT2D eigenvalue weighted by atomic mass is 10.00. The Kier molecular flexibility index (Phi) is 4.10. The molecule has 2 N–H and O–H groups in total. The van der Waals surface area contributed by atoms with E-state index in [0.29, 0.717) is 13.1 Å². The van der Waals surface area contributed by atoms with Gasteiger partial charge in [0.25, 0.3) is 0 Å². The molecule has 7 heteroatoms. The smallest absolute Gasteiger partial charge is 0.162 e. The fourth-order valence-electron chi connectivity index (χ4n) is 2.14. The Morgan fingerprint density at radius 3 is 3.05 bits per heavy atom. The van der Waals surface area contributed by atoms with E-state index in [4.69, 9.17) is 4.42 Å². The number of nitrogens with one attached hydrogen (secondary N) is 1. The number of hydrogen-bond donors (Lipinski definition) is 2. The van der Waals surface area contributed by atoms with Crippen LogP contribution in [0.3, 0.4) is 0 Å². The monoisotopic (exact) mass is 318 g/mol. The van der Waals surface area contributed by atoms with Crippen LogP contribution in [-0.4, -0.2) is 26.4 Å². The van der Waals surface area contributed by atoms with Gasteiger partial charge in [-0.25, -0.2) is 4.98 Å². The van der Waals surface area contributed by atoms with Crippen molar-refractivity contribution >= 4 is 11.3 Å². The Morgan fingerprint density at radius 2 is 2.36 bits per heavy atom. The molecule has 0 radical (unpaired) electrons. The van der Waals surface area contributed by atoms with Gasteiger partial charge in [0.05, 0.1) is 18.2 Å². The van der Waals surface area contributed by atoms with Crippen molar-refractivity contribution in [2.45, 2.75) is 19.1 Å². The fourth-order valence-corrected chi connectivity index (χ4v) is 2.92. The number of aromatic nitrogens is 3. The van der Waals surface area contributed by atoms with Crippen molar-refractivity contribution in [2.24, 2.45) is 7.05 Å². The van der Waals surface area contributed by atoms with E-state index < -0.39 is 5.60 Å². The van der Waals surface area contributed by atoms with Gasteiger partial charge in [0.2, 0.25) is 0 Å². The number of aliphatic hydroxyl groups is 1. The standard InChI is InChI=1S/C15H18N4O2S/c1-15(20,11-6-17-19(2)8-11)10-16-7-12-9-22-14(18-12)13-4-3-5-21-13/h3-6,8-9,16,20H,7,10H2,1-2H3. The van der Waals surface area contributed by atoms with Crippen LogP contribution in [0.25, 0.3) is 10.8 Å². The van der Waals surface area contributed by atoms with Gasteiger partial charge in [-0.05, 0) is 19.1 Å². The van der Waals surface area contributed by atoms with Gasteiger partial charge in [0.1, 0.15) is 5.60 Å². The predicted octanol–water partition coefficient (Wildman–Crippen LogP) is 2.13. The van der Waals surface area contributed by atoms with E-state index in [0.717, 1.165) is 22.0 Å². The third-order valence-electron chi connectivity index (χ3n) is 3.39. The first-order valence-electron chi connectivity index (χ1n) is 6.95. The van der Waals surface area contributed by atoms with Crippen LogP contribution in [0.15, 0.2) is 40.6 Å². The molecule has 3 aromatic heterocycles. The van der Waals surface area contributed by atoms with Crippen LogP contribution in [0, 0.1) is 0 Å². The van der Waals surface area contributed by atoms with E-state index in [9.17, 15) is 5.11 Å². The summed E-state index contributed by atoms with van der Waals surface area (Å²) in [7, 11) is 1.83. The van der Waals surface area contributed by atoms with Gasteiger partial charge in [-0.1, -0.05) is 0 Å². The molecule has 0 spiro atoms. The first-order chi connectivity index (χ1) is 10.5. The number of aryl methyl sites for hydroxylation is 1. The van der Waals surface area contributed by atoms with E-state index in [-0.39, 0.29) is 0 Å². The summed E-state index contributed by atoms with van der Waals surface area (Å²) in [5.41, 5.74) is 0.754. The van der Waals surface area contributed by atoms with Gasteiger partial charge in [-0.2, -0.15) is 5.10 Å². The average molecular weight is 318 g/mol. The summed E-state index contributed by atoms with van der Waals surface area (Å²) in [4.78, 5) is 4.51. The highest BCUT2D eigenvalue weighted by Gasteiger charge is 2.24. The normalized spacial score (nSPS) is 14.1. The lowest BCUT2D eigenvalue weighted by Gasteiger charge is -2.22. The number of nitrogens with zero attached hydrogens (tertiary/aromatic N) is 3. The van der Waals surface area contributed by atoms with E-state index in [1.54, 1.807) is 35.4 Å². The first kappa shape index (κ1) is 15.0. The third kappa shape index (κ3) is 3.27. The largest absolute Gasteiger partial charge is 0.462 e. The zero-order valence-electron chi connectivity index (χ0n) is 12.5. The highest BCUT2D eigenvalue weighted by Crippen LogP contribution is 2.24. The zero-order valence-corrected chi connectivity index (χ0v) is 13.3. The Bertz CT molecular complexity index is 730. The van der Waals surface area contributed by atoms with Crippen molar-refractivity contribution < 1.29 is 9.52 Å². The van der Waals surface area contributed by atoms with E-state index in [2.05, 4.69) is 15.4 Å².